The minimum atomic E-state index is -0.943. The average Bonchev–Trinajstić information content (AvgIpc) is 2.82. The summed E-state index contributed by atoms with van der Waals surface area (Å²) in [6, 6.07) is 12.6. The number of hydrogen-bond donors (Lipinski definition) is 0. The number of aryl methyl sites for hydroxylation is 2. The van der Waals surface area contributed by atoms with Crippen LogP contribution in [0.3, 0.4) is 0 Å². The maximum atomic E-state index is 12.7. The van der Waals surface area contributed by atoms with Crippen molar-refractivity contribution in [1.82, 2.24) is 0 Å². The second-order valence-electron chi connectivity index (χ2n) is 6.86. The van der Waals surface area contributed by atoms with Crippen LogP contribution in [-0.4, -0.2) is 36.9 Å². The van der Waals surface area contributed by atoms with Crippen LogP contribution in [-0.2, 0) is 14.3 Å². The zero-order valence-electron chi connectivity index (χ0n) is 16.2. The molecule has 0 radical (unpaired) electrons. The van der Waals surface area contributed by atoms with E-state index in [1.807, 2.05) is 26.0 Å². The van der Waals surface area contributed by atoms with Gasteiger partial charge in [-0.25, -0.2) is 0 Å². The number of fused-ring (bicyclic) bond motifs is 1. The van der Waals surface area contributed by atoms with Gasteiger partial charge in [0.15, 0.2) is 6.10 Å². The van der Waals surface area contributed by atoms with E-state index >= 15 is 0 Å². The molecule has 1 atom stereocenters. The summed E-state index contributed by atoms with van der Waals surface area (Å²) in [6.07, 6.45) is -0.777. The molecule has 1 aliphatic rings. The number of Topliss-reactive ketones (excluding diaryl/α,β-unsaturated/α-hetero) is 1. The van der Waals surface area contributed by atoms with Crippen molar-refractivity contribution in [2.45, 2.75) is 33.3 Å². The van der Waals surface area contributed by atoms with Crippen molar-refractivity contribution in [3.05, 3.63) is 59.2 Å². The molecular weight excluding hydrogens is 358 g/mol. The second kappa shape index (κ2) is 8.25. The molecule has 1 amide bonds. The first-order chi connectivity index (χ1) is 13.4. The van der Waals surface area contributed by atoms with Gasteiger partial charge in [-0.15, -0.1) is 0 Å². The fraction of sp³-hybridized carbons (Fsp3) is 0.318. The number of benzene rings is 2. The highest BCUT2D eigenvalue weighted by Gasteiger charge is 2.27. The molecule has 1 heterocycles. The van der Waals surface area contributed by atoms with Crippen LogP contribution in [0.15, 0.2) is 42.5 Å². The van der Waals surface area contributed by atoms with E-state index in [2.05, 4.69) is 0 Å². The average molecular weight is 381 g/mol. The number of para-hydroxylation sites is 2. The van der Waals surface area contributed by atoms with E-state index < -0.39 is 12.1 Å². The lowest BCUT2D eigenvalue weighted by atomic mass is 9.99. The van der Waals surface area contributed by atoms with E-state index in [0.29, 0.717) is 17.0 Å². The largest absolute Gasteiger partial charge is 0.491 e. The molecule has 0 spiro atoms. The highest BCUT2D eigenvalue weighted by molar-refractivity contribution is 6.03. The maximum absolute atomic E-state index is 12.7. The minimum absolute atomic E-state index is 0.166. The van der Waals surface area contributed by atoms with Gasteiger partial charge in [-0.2, -0.15) is 0 Å². The first-order valence-electron chi connectivity index (χ1n) is 9.20. The Morgan fingerprint density at radius 2 is 1.93 bits per heavy atom. The Bertz CT molecular complexity index is 921. The van der Waals surface area contributed by atoms with Gasteiger partial charge in [0.2, 0.25) is 11.7 Å². The Hall–Kier alpha value is -3.15. The highest BCUT2D eigenvalue weighted by atomic mass is 16.5. The topological polar surface area (TPSA) is 72.9 Å². The first kappa shape index (κ1) is 19.6. The summed E-state index contributed by atoms with van der Waals surface area (Å²) in [5.41, 5.74) is 2.84. The molecule has 6 heteroatoms. The van der Waals surface area contributed by atoms with Crippen LogP contribution in [0.4, 0.5) is 5.69 Å². The number of nitrogens with zero attached hydrogens (tertiary/aromatic N) is 1. The van der Waals surface area contributed by atoms with E-state index in [1.165, 1.54) is 4.90 Å². The van der Waals surface area contributed by atoms with Gasteiger partial charge in [0, 0.05) is 5.56 Å². The molecule has 3 rings (SSSR count). The standard InChI is InChI=1S/C22H23NO5/c1-14-8-9-15(2)17(12-14)22(26)16(3)28-21(25)13-23-18-6-4-5-7-19(18)27-11-10-20(23)24/h4-9,12,16H,10-11,13H2,1-3H3/t16-/m0/s1. The molecule has 146 valence electrons. The van der Waals surface area contributed by atoms with Gasteiger partial charge >= 0.3 is 5.97 Å². The van der Waals surface area contributed by atoms with Crippen LogP contribution in [0.2, 0.25) is 0 Å². The summed E-state index contributed by atoms with van der Waals surface area (Å²) in [5, 5.41) is 0. The van der Waals surface area contributed by atoms with Crippen LogP contribution in [0.1, 0.15) is 34.8 Å². The molecule has 28 heavy (non-hydrogen) atoms. The molecule has 0 unspecified atom stereocenters. The van der Waals surface area contributed by atoms with Crippen molar-refractivity contribution in [2.24, 2.45) is 0 Å². The summed E-state index contributed by atoms with van der Waals surface area (Å²) in [7, 11) is 0. The lowest BCUT2D eigenvalue weighted by Gasteiger charge is -2.22. The Kier molecular flexibility index (Phi) is 5.78. The first-order valence-corrected chi connectivity index (χ1v) is 9.20. The van der Waals surface area contributed by atoms with Gasteiger partial charge < -0.3 is 9.47 Å². The van der Waals surface area contributed by atoms with Crippen molar-refractivity contribution < 1.29 is 23.9 Å². The highest BCUT2D eigenvalue weighted by Crippen LogP contribution is 2.30. The number of anilines is 1. The number of rotatable bonds is 5. The number of hydrogen-bond acceptors (Lipinski definition) is 5. The molecule has 0 aromatic heterocycles. The van der Waals surface area contributed by atoms with Gasteiger partial charge in [-0.1, -0.05) is 29.8 Å². The van der Waals surface area contributed by atoms with Gasteiger partial charge in [-0.05, 0) is 44.5 Å². The van der Waals surface area contributed by atoms with Gasteiger partial charge in [0.25, 0.3) is 0 Å². The third-order valence-corrected chi connectivity index (χ3v) is 4.65. The van der Waals surface area contributed by atoms with Crippen LogP contribution in [0, 0.1) is 13.8 Å². The summed E-state index contributed by atoms with van der Waals surface area (Å²) in [4.78, 5) is 38.9. The van der Waals surface area contributed by atoms with E-state index in [0.717, 1.165) is 11.1 Å². The monoisotopic (exact) mass is 381 g/mol. The smallest absolute Gasteiger partial charge is 0.326 e. The number of carbonyl (C=O) groups is 3. The van der Waals surface area contributed by atoms with Crippen LogP contribution < -0.4 is 9.64 Å². The zero-order valence-corrected chi connectivity index (χ0v) is 16.2. The Labute approximate surface area is 164 Å². The molecule has 0 fully saturated rings. The summed E-state index contributed by atoms with van der Waals surface area (Å²) >= 11 is 0. The predicted octanol–water partition coefficient (Wildman–Crippen LogP) is 3.23. The molecule has 0 N–H and O–H groups in total. The van der Waals surface area contributed by atoms with Crippen molar-refractivity contribution in [1.29, 1.82) is 0 Å². The van der Waals surface area contributed by atoms with Crippen molar-refractivity contribution in [3.63, 3.8) is 0 Å². The van der Waals surface area contributed by atoms with Crippen molar-refractivity contribution in [3.8, 4) is 5.75 Å². The Morgan fingerprint density at radius 1 is 1.18 bits per heavy atom. The van der Waals surface area contributed by atoms with Crippen molar-refractivity contribution >= 4 is 23.3 Å². The molecule has 0 saturated carbocycles. The third-order valence-electron chi connectivity index (χ3n) is 4.65. The molecule has 0 saturated heterocycles. The summed E-state index contributed by atoms with van der Waals surface area (Å²) in [5.74, 6) is -0.590. The number of carbonyl (C=O) groups excluding carboxylic acids is 3. The minimum Gasteiger partial charge on any atom is -0.491 e. The van der Waals surface area contributed by atoms with E-state index in [1.54, 1.807) is 37.3 Å². The van der Waals surface area contributed by atoms with Crippen LogP contribution >= 0.6 is 0 Å². The fourth-order valence-electron chi connectivity index (χ4n) is 3.13. The third kappa shape index (κ3) is 4.22. The predicted molar refractivity (Wildman–Crippen MR) is 105 cm³/mol. The lowest BCUT2D eigenvalue weighted by molar-refractivity contribution is -0.145. The van der Waals surface area contributed by atoms with Crippen LogP contribution in [0.25, 0.3) is 0 Å². The van der Waals surface area contributed by atoms with E-state index in [9.17, 15) is 14.4 Å². The van der Waals surface area contributed by atoms with E-state index in [4.69, 9.17) is 9.47 Å². The number of ketones is 1. The Morgan fingerprint density at radius 3 is 2.71 bits per heavy atom. The van der Waals surface area contributed by atoms with Gasteiger partial charge in [0.05, 0.1) is 18.7 Å². The maximum Gasteiger partial charge on any atom is 0.326 e. The molecular formula is C22H23NO5. The van der Waals surface area contributed by atoms with Crippen molar-refractivity contribution in [2.75, 3.05) is 18.1 Å². The van der Waals surface area contributed by atoms with Gasteiger partial charge in [0.1, 0.15) is 12.3 Å². The van der Waals surface area contributed by atoms with E-state index in [-0.39, 0.29) is 31.3 Å². The lowest BCUT2D eigenvalue weighted by Crippen LogP contribution is -2.38. The fourth-order valence-corrected chi connectivity index (χ4v) is 3.13. The van der Waals surface area contributed by atoms with Crippen LogP contribution in [0.5, 0.6) is 5.75 Å². The molecule has 0 aliphatic carbocycles. The summed E-state index contributed by atoms with van der Waals surface area (Å²) in [6.45, 7) is 5.27. The molecule has 0 bridgehead atoms. The normalized spacial score (nSPS) is 14.5. The zero-order chi connectivity index (χ0) is 20.3. The molecule has 2 aromatic carbocycles. The summed E-state index contributed by atoms with van der Waals surface area (Å²) < 4.78 is 10.9. The second-order valence-corrected chi connectivity index (χ2v) is 6.86. The van der Waals surface area contributed by atoms with Gasteiger partial charge in [-0.3, -0.25) is 19.3 Å². The molecule has 6 nitrogen and oxygen atoms in total. The number of ether oxygens (including phenoxy) is 2. The number of esters is 1. The Balaban J connectivity index is 1.72. The molecule has 2 aromatic rings. The molecule has 1 aliphatic heterocycles. The SMILES string of the molecule is Cc1ccc(C)c(C(=O)[C@H](C)OC(=O)CN2C(=O)CCOc3ccccc32)c1. The number of amides is 1. The quantitative estimate of drug-likeness (QED) is 0.587.